The van der Waals surface area contributed by atoms with Crippen LogP contribution in [0.4, 0.5) is 34.1 Å². The highest BCUT2D eigenvalue weighted by atomic mass is 15.2. The van der Waals surface area contributed by atoms with Gasteiger partial charge >= 0.3 is 0 Å². The van der Waals surface area contributed by atoms with Crippen molar-refractivity contribution in [3.8, 4) is 0 Å². The molecular weight excluding hydrogens is 820 g/mol. The molecule has 2 aliphatic heterocycles. The summed E-state index contributed by atoms with van der Waals surface area (Å²) in [5.41, 5.74) is 27.7. The van der Waals surface area contributed by atoms with Gasteiger partial charge in [0.05, 0.1) is 5.69 Å². The molecule has 6 aliphatic rings. The summed E-state index contributed by atoms with van der Waals surface area (Å²) in [6.07, 6.45) is 14.1. The van der Waals surface area contributed by atoms with Crippen LogP contribution in [-0.4, -0.2) is 6.71 Å². The van der Waals surface area contributed by atoms with Crippen LogP contribution >= 0.6 is 0 Å². The standard InChI is InChI=1S/C65H79BN2/c1-40-34-55-58-56(35-40)68(52-23-19-22-46-57(52)43-20-17-18-21-44(43)65(46,15)16)53-36-41(60(5,6)29-28-59(2,3)4)24-27-50(53)66(58)51-38-48-49(64(13,14)33-32-63(48,11)12)39-54(51)67(55)42-25-26-45-47(37-42)62(9,10)31-30-61(45,7)8/h18-19,21-27,34-39H,17,20,28-33H2,1-16H3. The molecule has 4 aliphatic carbocycles. The smallest absolute Gasteiger partial charge is 0.252 e. The first-order chi connectivity index (χ1) is 31.7. The highest BCUT2D eigenvalue weighted by Gasteiger charge is 2.49. The van der Waals surface area contributed by atoms with Crippen LogP contribution in [0.5, 0.6) is 0 Å². The summed E-state index contributed by atoms with van der Waals surface area (Å²) in [5.74, 6) is 0. The van der Waals surface area contributed by atoms with Crippen molar-refractivity contribution < 1.29 is 0 Å². The lowest BCUT2D eigenvalue weighted by atomic mass is 9.33. The van der Waals surface area contributed by atoms with Crippen molar-refractivity contribution in [1.29, 1.82) is 0 Å². The predicted molar refractivity (Wildman–Crippen MR) is 296 cm³/mol. The van der Waals surface area contributed by atoms with E-state index in [1.165, 1.54) is 138 Å². The Morgan fingerprint density at radius 3 is 1.81 bits per heavy atom. The van der Waals surface area contributed by atoms with E-state index in [9.17, 15) is 0 Å². The van der Waals surface area contributed by atoms with E-state index in [4.69, 9.17) is 0 Å². The fourth-order valence-electron chi connectivity index (χ4n) is 13.9. The van der Waals surface area contributed by atoms with Gasteiger partial charge in [-0.05, 0) is 200 Å². The van der Waals surface area contributed by atoms with Gasteiger partial charge < -0.3 is 9.80 Å². The van der Waals surface area contributed by atoms with Crippen LogP contribution < -0.4 is 26.2 Å². The molecule has 5 aromatic rings. The molecule has 0 saturated heterocycles. The lowest BCUT2D eigenvalue weighted by molar-refractivity contribution is 0.315. The van der Waals surface area contributed by atoms with Crippen LogP contribution in [-0.2, 0) is 32.5 Å². The maximum Gasteiger partial charge on any atom is 0.252 e. The number of hydrogen-bond acceptors (Lipinski definition) is 2. The Labute approximate surface area is 411 Å². The van der Waals surface area contributed by atoms with Gasteiger partial charge in [0.15, 0.2) is 0 Å². The maximum atomic E-state index is 2.76. The molecule has 0 N–H and O–H groups in total. The number of allylic oxidation sites excluding steroid dienone is 4. The molecule has 0 amide bonds. The minimum atomic E-state index is -0.0637. The fourth-order valence-corrected chi connectivity index (χ4v) is 13.9. The Morgan fingerprint density at radius 1 is 0.544 bits per heavy atom. The largest absolute Gasteiger partial charge is 0.311 e. The normalized spacial score (nSPS) is 20.8. The van der Waals surface area contributed by atoms with Crippen molar-refractivity contribution >= 4 is 62.8 Å². The topological polar surface area (TPSA) is 6.48 Å². The average molecular weight is 899 g/mol. The third kappa shape index (κ3) is 6.77. The van der Waals surface area contributed by atoms with E-state index in [1.54, 1.807) is 0 Å². The highest BCUT2D eigenvalue weighted by Crippen LogP contribution is 2.57. The molecular formula is C65H79BN2. The van der Waals surface area contributed by atoms with Crippen molar-refractivity contribution in [2.75, 3.05) is 9.80 Å². The summed E-state index contributed by atoms with van der Waals surface area (Å²) in [6, 6.07) is 33.1. The molecule has 0 saturated carbocycles. The van der Waals surface area contributed by atoms with Gasteiger partial charge in [-0.3, -0.25) is 0 Å². The molecule has 2 heterocycles. The molecule has 0 radical (unpaired) electrons. The Morgan fingerprint density at radius 2 is 1.15 bits per heavy atom. The van der Waals surface area contributed by atoms with Gasteiger partial charge in [-0.2, -0.15) is 0 Å². The first kappa shape index (κ1) is 45.7. The van der Waals surface area contributed by atoms with E-state index in [2.05, 4.69) is 212 Å². The zero-order chi connectivity index (χ0) is 48.5. The van der Waals surface area contributed by atoms with Crippen LogP contribution in [0.2, 0.25) is 0 Å². The van der Waals surface area contributed by atoms with Gasteiger partial charge in [0.25, 0.3) is 6.71 Å². The summed E-state index contributed by atoms with van der Waals surface area (Å²) >= 11 is 0. The summed E-state index contributed by atoms with van der Waals surface area (Å²) in [4.78, 5) is 5.49. The average Bonchev–Trinajstić information content (AvgIpc) is 3.51. The molecule has 0 aromatic heterocycles. The fraction of sp³-hybridized carbons (Fsp3) is 0.477. The van der Waals surface area contributed by atoms with E-state index in [0.717, 1.165) is 19.3 Å². The lowest BCUT2D eigenvalue weighted by Gasteiger charge is -2.48. The summed E-state index contributed by atoms with van der Waals surface area (Å²) < 4.78 is 0. The van der Waals surface area contributed by atoms with Gasteiger partial charge in [0, 0.05) is 39.4 Å². The second-order valence-corrected chi connectivity index (χ2v) is 27.4. The molecule has 2 nitrogen and oxygen atoms in total. The van der Waals surface area contributed by atoms with Gasteiger partial charge in [-0.25, -0.2) is 0 Å². The maximum absolute atomic E-state index is 2.76. The number of rotatable bonds is 5. The zero-order valence-corrected chi connectivity index (χ0v) is 44.8. The summed E-state index contributed by atoms with van der Waals surface area (Å²) in [5, 5.41) is 0. The van der Waals surface area contributed by atoms with Crippen LogP contribution in [0.25, 0.3) is 5.57 Å². The van der Waals surface area contributed by atoms with Crippen LogP contribution in [0.1, 0.15) is 200 Å². The quantitative estimate of drug-likeness (QED) is 0.159. The molecule has 0 spiro atoms. The van der Waals surface area contributed by atoms with E-state index in [-0.39, 0.29) is 44.6 Å². The second kappa shape index (κ2) is 14.6. The van der Waals surface area contributed by atoms with Gasteiger partial charge in [0.1, 0.15) is 0 Å². The van der Waals surface area contributed by atoms with Crippen LogP contribution in [0, 0.1) is 12.3 Å². The van der Waals surface area contributed by atoms with Crippen LogP contribution in [0.3, 0.4) is 0 Å². The summed E-state index contributed by atoms with van der Waals surface area (Å²) in [6.45, 7) is 39.4. The Balaban J connectivity index is 1.24. The molecule has 11 rings (SSSR count). The van der Waals surface area contributed by atoms with E-state index in [1.807, 2.05) is 0 Å². The minimum Gasteiger partial charge on any atom is -0.311 e. The van der Waals surface area contributed by atoms with E-state index >= 15 is 0 Å². The molecule has 0 unspecified atom stereocenters. The SMILES string of the molecule is Cc1cc2c3c(c1)N(c1cccc4c1C1=C(C=CCC1)C4(C)C)c1cc(C(C)(C)CCC(C)(C)C)ccc1B3c1cc3c(cc1N2c1ccc2c(c1)C(C)(C)CCC2(C)C)C(C)(C)CCC3(C)C. The molecule has 352 valence electrons. The number of hydrogen-bond donors (Lipinski definition) is 0. The van der Waals surface area contributed by atoms with Gasteiger partial charge in [0.2, 0.25) is 0 Å². The molecule has 0 atom stereocenters. The Bertz CT molecular complexity index is 3030. The third-order valence-electron chi connectivity index (χ3n) is 18.7. The van der Waals surface area contributed by atoms with Crippen molar-refractivity contribution in [3.05, 3.63) is 141 Å². The van der Waals surface area contributed by atoms with Crippen molar-refractivity contribution in [1.82, 2.24) is 0 Å². The van der Waals surface area contributed by atoms with Crippen molar-refractivity contribution in [2.24, 2.45) is 5.41 Å². The third-order valence-corrected chi connectivity index (χ3v) is 18.7. The van der Waals surface area contributed by atoms with Gasteiger partial charge in [-0.15, -0.1) is 0 Å². The number of nitrogens with zero attached hydrogens (tertiary/aromatic N) is 2. The van der Waals surface area contributed by atoms with Crippen LogP contribution in [0.15, 0.2) is 96.6 Å². The Kier molecular flexibility index (Phi) is 9.84. The van der Waals surface area contributed by atoms with Crippen molar-refractivity contribution in [2.45, 2.75) is 195 Å². The monoisotopic (exact) mass is 899 g/mol. The Hall–Kier alpha value is -4.76. The molecule has 3 heteroatoms. The lowest BCUT2D eigenvalue weighted by Crippen LogP contribution is -2.62. The first-order valence-corrected chi connectivity index (χ1v) is 26.5. The summed E-state index contributed by atoms with van der Waals surface area (Å²) in [7, 11) is 0. The molecule has 0 fully saturated rings. The predicted octanol–water partition coefficient (Wildman–Crippen LogP) is 16.3. The highest BCUT2D eigenvalue weighted by molar-refractivity contribution is 7.00. The van der Waals surface area contributed by atoms with Crippen molar-refractivity contribution in [3.63, 3.8) is 0 Å². The number of anilines is 6. The van der Waals surface area contributed by atoms with E-state index < -0.39 is 0 Å². The number of benzene rings is 5. The molecule has 0 bridgehead atoms. The second-order valence-electron chi connectivity index (χ2n) is 27.4. The molecule has 5 aromatic carbocycles. The first-order valence-electron chi connectivity index (χ1n) is 26.5. The number of aryl methyl sites for hydroxylation is 1. The molecule has 68 heavy (non-hydrogen) atoms. The minimum absolute atomic E-state index is 0.00124. The van der Waals surface area contributed by atoms with E-state index in [0.29, 0.717) is 0 Å². The van der Waals surface area contributed by atoms with Gasteiger partial charge in [-0.1, -0.05) is 152 Å². The number of fused-ring (bicyclic) bond motifs is 8. The zero-order valence-electron chi connectivity index (χ0n) is 44.8.